The van der Waals surface area contributed by atoms with Crippen LogP contribution in [0.3, 0.4) is 0 Å². The Kier molecular flexibility index (Phi) is 6.98. The molecule has 1 atom stereocenters. The van der Waals surface area contributed by atoms with Crippen molar-refractivity contribution in [3.8, 4) is 0 Å². The molecule has 0 aliphatic heterocycles. The number of hydrogen-bond donors (Lipinski definition) is 5. The first-order valence-electron chi connectivity index (χ1n) is 12.0. The second-order valence-corrected chi connectivity index (χ2v) is 8.62. The van der Waals surface area contributed by atoms with Crippen molar-refractivity contribution in [3.63, 3.8) is 0 Å². The van der Waals surface area contributed by atoms with Crippen LogP contribution in [-0.2, 0) is 28.8 Å². The first-order chi connectivity index (χ1) is 17.7. The quantitative estimate of drug-likeness (QED) is 0.207. The standard InChI is InChI=1S/C27H28N6O3/c34-26(29-11-9-20-16-28-17-32-20)25(13-19-15-31-24-8-4-2-6-22(19)24)33-27(35)36-12-10-18-14-30-23-7-3-1-5-21(18)23/h1-8,14-17,25,30-31H,9-13H2,(H,28,32)(H,29,34)(H,33,35)/t25-/m0/s1. The third kappa shape index (κ3) is 5.41. The van der Waals surface area contributed by atoms with E-state index in [-0.39, 0.29) is 12.5 Å². The molecule has 36 heavy (non-hydrogen) atoms. The summed E-state index contributed by atoms with van der Waals surface area (Å²) < 4.78 is 5.45. The first-order valence-corrected chi connectivity index (χ1v) is 12.0. The molecule has 184 valence electrons. The molecule has 0 aliphatic carbocycles. The van der Waals surface area contributed by atoms with Crippen molar-refractivity contribution in [1.29, 1.82) is 0 Å². The number of fused-ring (bicyclic) bond motifs is 2. The number of amides is 2. The van der Waals surface area contributed by atoms with Crippen molar-refractivity contribution in [2.75, 3.05) is 13.2 Å². The number of ether oxygens (including phenoxy) is 1. The Morgan fingerprint density at radius 2 is 1.58 bits per heavy atom. The summed E-state index contributed by atoms with van der Waals surface area (Å²) in [7, 11) is 0. The predicted molar refractivity (Wildman–Crippen MR) is 138 cm³/mol. The second kappa shape index (κ2) is 10.8. The van der Waals surface area contributed by atoms with Crippen LogP contribution >= 0.6 is 0 Å². The monoisotopic (exact) mass is 484 g/mol. The van der Waals surface area contributed by atoms with Gasteiger partial charge in [0.1, 0.15) is 6.04 Å². The van der Waals surface area contributed by atoms with E-state index in [4.69, 9.17) is 4.74 Å². The molecule has 0 radical (unpaired) electrons. The summed E-state index contributed by atoms with van der Waals surface area (Å²) in [6.45, 7) is 0.623. The van der Waals surface area contributed by atoms with E-state index >= 15 is 0 Å². The molecule has 5 rings (SSSR count). The molecule has 0 spiro atoms. The Hall–Kier alpha value is -4.53. The zero-order valence-electron chi connectivity index (χ0n) is 19.7. The molecule has 0 aliphatic rings. The minimum atomic E-state index is -0.786. The number of hydrogen-bond acceptors (Lipinski definition) is 4. The average Bonchev–Trinajstić information content (AvgIpc) is 3.65. The number of benzene rings is 2. The van der Waals surface area contributed by atoms with Crippen LogP contribution in [0, 0.1) is 0 Å². The van der Waals surface area contributed by atoms with E-state index in [0.717, 1.165) is 38.6 Å². The average molecular weight is 485 g/mol. The summed E-state index contributed by atoms with van der Waals surface area (Å²) in [5.74, 6) is -0.270. The van der Waals surface area contributed by atoms with Gasteiger partial charge in [-0.05, 0) is 23.3 Å². The fourth-order valence-corrected chi connectivity index (χ4v) is 4.37. The molecular weight excluding hydrogens is 456 g/mol. The lowest BCUT2D eigenvalue weighted by molar-refractivity contribution is -0.123. The molecule has 2 aromatic carbocycles. The topological polar surface area (TPSA) is 128 Å². The van der Waals surface area contributed by atoms with Crippen molar-refractivity contribution in [3.05, 3.63) is 90.3 Å². The maximum absolute atomic E-state index is 13.1. The largest absolute Gasteiger partial charge is 0.449 e. The van der Waals surface area contributed by atoms with Gasteiger partial charge < -0.3 is 30.3 Å². The molecule has 3 heterocycles. The van der Waals surface area contributed by atoms with Gasteiger partial charge in [0.15, 0.2) is 0 Å². The molecular formula is C27H28N6O3. The maximum atomic E-state index is 13.1. The first kappa shape index (κ1) is 23.2. The third-order valence-electron chi connectivity index (χ3n) is 6.24. The van der Waals surface area contributed by atoms with Crippen LogP contribution in [0.15, 0.2) is 73.4 Å². The van der Waals surface area contributed by atoms with Gasteiger partial charge in [-0.2, -0.15) is 0 Å². The van der Waals surface area contributed by atoms with E-state index in [2.05, 4.69) is 30.6 Å². The van der Waals surface area contributed by atoms with Gasteiger partial charge in [0, 0.05) is 71.9 Å². The summed E-state index contributed by atoms with van der Waals surface area (Å²) in [4.78, 5) is 39.2. The highest BCUT2D eigenvalue weighted by Crippen LogP contribution is 2.20. The fraction of sp³-hybridized carbons (Fsp3) is 0.222. The number of H-pyrrole nitrogens is 3. The highest BCUT2D eigenvalue weighted by molar-refractivity contribution is 5.88. The molecule has 0 bridgehead atoms. The maximum Gasteiger partial charge on any atom is 0.407 e. The van der Waals surface area contributed by atoms with E-state index in [1.807, 2.05) is 60.9 Å². The van der Waals surface area contributed by atoms with Crippen molar-refractivity contribution >= 4 is 33.8 Å². The Morgan fingerprint density at radius 3 is 2.31 bits per heavy atom. The van der Waals surface area contributed by atoms with Crippen LogP contribution in [-0.4, -0.2) is 51.1 Å². The number of nitrogens with one attached hydrogen (secondary N) is 5. The minimum Gasteiger partial charge on any atom is -0.449 e. The zero-order valence-corrected chi connectivity index (χ0v) is 19.7. The molecule has 9 nitrogen and oxygen atoms in total. The molecule has 5 N–H and O–H groups in total. The number of carbonyl (C=O) groups is 2. The van der Waals surface area contributed by atoms with E-state index < -0.39 is 12.1 Å². The molecule has 5 aromatic rings. The Bertz CT molecular complexity index is 1450. The number of nitrogens with zero attached hydrogens (tertiary/aromatic N) is 1. The van der Waals surface area contributed by atoms with E-state index in [1.54, 1.807) is 12.5 Å². The number of rotatable bonds is 10. The molecule has 3 aromatic heterocycles. The smallest absolute Gasteiger partial charge is 0.407 e. The third-order valence-corrected chi connectivity index (χ3v) is 6.24. The van der Waals surface area contributed by atoms with E-state index in [0.29, 0.717) is 25.8 Å². The summed E-state index contributed by atoms with van der Waals surface area (Å²) in [5, 5.41) is 7.80. The summed E-state index contributed by atoms with van der Waals surface area (Å²) in [5.41, 5.74) is 4.96. The van der Waals surface area contributed by atoms with Gasteiger partial charge in [-0.25, -0.2) is 9.78 Å². The van der Waals surface area contributed by atoms with Gasteiger partial charge in [0.25, 0.3) is 0 Å². The number of aromatic nitrogens is 4. The van der Waals surface area contributed by atoms with E-state index in [9.17, 15) is 9.59 Å². The lowest BCUT2D eigenvalue weighted by atomic mass is 10.0. The van der Waals surface area contributed by atoms with Crippen LogP contribution in [0.1, 0.15) is 16.8 Å². The van der Waals surface area contributed by atoms with Crippen LogP contribution in [0.4, 0.5) is 4.79 Å². The normalized spacial score (nSPS) is 12.0. The van der Waals surface area contributed by atoms with Gasteiger partial charge in [0.2, 0.25) is 5.91 Å². The van der Waals surface area contributed by atoms with Crippen molar-refractivity contribution in [1.82, 2.24) is 30.6 Å². The molecule has 9 heteroatoms. The van der Waals surface area contributed by atoms with Crippen LogP contribution in [0.25, 0.3) is 21.8 Å². The fourth-order valence-electron chi connectivity index (χ4n) is 4.37. The zero-order chi connectivity index (χ0) is 24.7. The molecule has 2 amide bonds. The lowest BCUT2D eigenvalue weighted by Crippen LogP contribution is -2.48. The van der Waals surface area contributed by atoms with Crippen molar-refractivity contribution in [2.45, 2.75) is 25.3 Å². The van der Waals surface area contributed by atoms with Crippen molar-refractivity contribution < 1.29 is 14.3 Å². The number of carbonyl (C=O) groups excluding carboxylic acids is 2. The highest BCUT2D eigenvalue weighted by Gasteiger charge is 2.23. The molecule has 0 saturated heterocycles. The van der Waals surface area contributed by atoms with Gasteiger partial charge in [0.05, 0.1) is 12.9 Å². The Labute approximate surface area is 207 Å². The second-order valence-electron chi connectivity index (χ2n) is 8.62. The van der Waals surface area contributed by atoms with Crippen LogP contribution in [0.5, 0.6) is 0 Å². The van der Waals surface area contributed by atoms with Crippen molar-refractivity contribution in [2.24, 2.45) is 0 Å². The molecule has 0 saturated carbocycles. The van der Waals surface area contributed by atoms with Gasteiger partial charge in [-0.15, -0.1) is 0 Å². The number of aromatic amines is 3. The number of alkyl carbamates (subject to hydrolysis) is 1. The SMILES string of the molecule is O=C(N[C@@H](Cc1c[nH]c2ccccc12)C(=O)NCCc1cnc[nH]1)OCCc1c[nH]c2ccccc12. The minimum absolute atomic E-state index is 0.203. The van der Waals surface area contributed by atoms with Crippen LogP contribution in [0.2, 0.25) is 0 Å². The summed E-state index contributed by atoms with van der Waals surface area (Å²) in [6, 6.07) is 15.1. The number of imidazole rings is 1. The highest BCUT2D eigenvalue weighted by atomic mass is 16.5. The van der Waals surface area contributed by atoms with Gasteiger partial charge >= 0.3 is 6.09 Å². The van der Waals surface area contributed by atoms with Gasteiger partial charge in [-0.3, -0.25) is 4.79 Å². The summed E-state index contributed by atoms with van der Waals surface area (Å²) >= 11 is 0. The van der Waals surface area contributed by atoms with E-state index in [1.165, 1.54) is 0 Å². The van der Waals surface area contributed by atoms with Crippen LogP contribution < -0.4 is 10.6 Å². The summed E-state index contributed by atoms with van der Waals surface area (Å²) in [6.07, 6.45) is 8.02. The predicted octanol–water partition coefficient (Wildman–Crippen LogP) is 3.61. The molecule has 0 unspecified atom stereocenters. The Balaban J connectivity index is 1.21. The lowest BCUT2D eigenvalue weighted by Gasteiger charge is -2.18. The molecule has 0 fully saturated rings. The number of para-hydroxylation sites is 2. The Morgan fingerprint density at radius 1 is 0.889 bits per heavy atom. The van der Waals surface area contributed by atoms with Gasteiger partial charge in [-0.1, -0.05) is 36.4 Å².